The van der Waals surface area contributed by atoms with Gasteiger partial charge in [0.2, 0.25) is 0 Å². The average Bonchev–Trinajstić information content (AvgIpc) is 2.50. The van der Waals surface area contributed by atoms with E-state index in [0.717, 1.165) is 27.5 Å². The van der Waals surface area contributed by atoms with Crippen molar-refractivity contribution >= 4 is 10.8 Å². The molecule has 2 heterocycles. The molecule has 20 heavy (non-hydrogen) atoms. The number of hydrazine groups is 1. The summed E-state index contributed by atoms with van der Waals surface area (Å²) >= 11 is 0. The molecule has 0 radical (unpaired) electrons. The average molecular weight is 264 g/mol. The zero-order valence-corrected chi connectivity index (χ0v) is 11.2. The van der Waals surface area contributed by atoms with E-state index in [1.807, 2.05) is 30.6 Å². The van der Waals surface area contributed by atoms with Gasteiger partial charge in [0.1, 0.15) is 0 Å². The lowest BCUT2D eigenvalue weighted by molar-refractivity contribution is 0.635. The number of nitrogens with two attached hydrogens (primary N) is 1. The monoisotopic (exact) mass is 264 g/mol. The smallest absolute Gasteiger partial charge is 0.0733 e. The highest BCUT2D eigenvalue weighted by atomic mass is 15.2. The lowest BCUT2D eigenvalue weighted by Crippen LogP contribution is -2.29. The molecule has 1 unspecified atom stereocenters. The van der Waals surface area contributed by atoms with Crippen LogP contribution < -0.4 is 11.3 Å². The van der Waals surface area contributed by atoms with Crippen molar-refractivity contribution in [1.29, 1.82) is 0 Å². The van der Waals surface area contributed by atoms with Crippen LogP contribution in [-0.4, -0.2) is 9.97 Å². The first-order valence-electron chi connectivity index (χ1n) is 6.50. The van der Waals surface area contributed by atoms with Gasteiger partial charge in [-0.05, 0) is 41.1 Å². The van der Waals surface area contributed by atoms with Crippen LogP contribution >= 0.6 is 0 Å². The second kappa shape index (κ2) is 5.36. The summed E-state index contributed by atoms with van der Waals surface area (Å²) < 4.78 is 0. The molecular weight excluding hydrogens is 248 g/mol. The number of nitrogens with zero attached hydrogens (tertiary/aromatic N) is 2. The quantitative estimate of drug-likeness (QED) is 0.563. The van der Waals surface area contributed by atoms with Crippen LogP contribution in [0.2, 0.25) is 0 Å². The normalized spacial score (nSPS) is 12.5. The predicted molar refractivity (Wildman–Crippen MR) is 79.9 cm³/mol. The highest BCUT2D eigenvalue weighted by molar-refractivity contribution is 5.85. The molecule has 0 fully saturated rings. The Morgan fingerprint density at radius 1 is 1.00 bits per heavy atom. The van der Waals surface area contributed by atoms with Crippen molar-refractivity contribution in [3.63, 3.8) is 0 Å². The molecule has 3 N–H and O–H groups in total. The molecular formula is C16H16N4. The topological polar surface area (TPSA) is 63.8 Å². The number of benzene rings is 1. The van der Waals surface area contributed by atoms with E-state index in [1.54, 1.807) is 12.4 Å². The van der Waals surface area contributed by atoms with E-state index < -0.39 is 0 Å². The molecule has 0 spiro atoms. The summed E-state index contributed by atoms with van der Waals surface area (Å²) in [5.74, 6) is 5.80. The fourth-order valence-corrected chi connectivity index (χ4v) is 2.52. The van der Waals surface area contributed by atoms with Gasteiger partial charge in [0.25, 0.3) is 0 Å². The van der Waals surface area contributed by atoms with E-state index in [-0.39, 0.29) is 6.04 Å². The Labute approximate surface area is 117 Å². The van der Waals surface area contributed by atoms with Gasteiger partial charge in [0.05, 0.1) is 6.04 Å². The summed E-state index contributed by atoms with van der Waals surface area (Å²) in [5, 5.41) is 2.25. The molecule has 1 aromatic carbocycles. The first-order chi connectivity index (χ1) is 9.81. The largest absolute Gasteiger partial charge is 0.271 e. The summed E-state index contributed by atoms with van der Waals surface area (Å²) in [4.78, 5) is 8.38. The first-order valence-corrected chi connectivity index (χ1v) is 6.50. The zero-order valence-electron chi connectivity index (χ0n) is 11.2. The van der Waals surface area contributed by atoms with E-state index in [2.05, 4.69) is 34.5 Å². The lowest BCUT2D eigenvalue weighted by atomic mass is 9.93. The highest BCUT2D eigenvalue weighted by Gasteiger charge is 2.17. The molecule has 0 aliphatic rings. The summed E-state index contributed by atoms with van der Waals surface area (Å²) in [6, 6.07) is 10.1. The minimum Gasteiger partial charge on any atom is -0.271 e. The Balaban J connectivity index is 2.20. The second-order valence-corrected chi connectivity index (χ2v) is 4.78. The van der Waals surface area contributed by atoms with Gasteiger partial charge in [-0.2, -0.15) is 0 Å². The molecule has 0 aliphatic heterocycles. The molecule has 0 saturated heterocycles. The molecule has 3 aromatic rings. The van der Waals surface area contributed by atoms with Crippen LogP contribution in [0.4, 0.5) is 0 Å². The SMILES string of the molecule is Cc1ccncc1C(NN)c1cccc2cnccc12. The first kappa shape index (κ1) is 12.7. The summed E-state index contributed by atoms with van der Waals surface area (Å²) in [6.45, 7) is 2.06. The van der Waals surface area contributed by atoms with E-state index in [1.165, 1.54) is 0 Å². The zero-order chi connectivity index (χ0) is 13.9. The Morgan fingerprint density at radius 3 is 2.60 bits per heavy atom. The van der Waals surface area contributed by atoms with Crippen molar-refractivity contribution in [3.8, 4) is 0 Å². The fourth-order valence-electron chi connectivity index (χ4n) is 2.52. The third-order valence-corrected chi connectivity index (χ3v) is 3.58. The highest BCUT2D eigenvalue weighted by Crippen LogP contribution is 2.29. The van der Waals surface area contributed by atoms with Crippen molar-refractivity contribution in [1.82, 2.24) is 15.4 Å². The minimum atomic E-state index is -0.0881. The van der Waals surface area contributed by atoms with Crippen LogP contribution in [0.3, 0.4) is 0 Å². The summed E-state index contributed by atoms with van der Waals surface area (Å²) in [7, 11) is 0. The third-order valence-electron chi connectivity index (χ3n) is 3.58. The Hall–Kier alpha value is -2.30. The van der Waals surface area contributed by atoms with Crippen LogP contribution in [-0.2, 0) is 0 Å². The molecule has 1 atom stereocenters. The Morgan fingerprint density at radius 2 is 1.80 bits per heavy atom. The standard InChI is InChI=1S/C16H16N4/c1-11-5-7-19-10-15(11)16(20-17)14-4-2-3-12-9-18-8-6-13(12)14/h2-10,16,20H,17H2,1H3. The molecule has 100 valence electrons. The minimum absolute atomic E-state index is 0.0881. The number of aryl methyl sites for hydroxylation is 1. The maximum Gasteiger partial charge on any atom is 0.0733 e. The van der Waals surface area contributed by atoms with Crippen molar-refractivity contribution in [2.45, 2.75) is 13.0 Å². The molecule has 2 aromatic heterocycles. The predicted octanol–water partition coefficient (Wildman–Crippen LogP) is 2.49. The van der Waals surface area contributed by atoms with Gasteiger partial charge in [0.15, 0.2) is 0 Å². The number of fused-ring (bicyclic) bond motifs is 1. The van der Waals surface area contributed by atoms with Crippen LogP contribution in [0.1, 0.15) is 22.7 Å². The number of pyridine rings is 2. The van der Waals surface area contributed by atoms with Crippen molar-refractivity contribution in [2.75, 3.05) is 0 Å². The van der Waals surface area contributed by atoms with Crippen LogP contribution in [0, 0.1) is 6.92 Å². The lowest BCUT2D eigenvalue weighted by Gasteiger charge is -2.20. The molecule has 3 rings (SSSR count). The molecule has 4 nitrogen and oxygen atoms in total. The number of rotatable bonds is 3. The molecule has 0 saturated carbocycles. The van der Waals surface area contributed by atoms with Gasteiger partial charge in [-0.25, -0.2) is 5.43 Å². The van der Waals surface area contributed by atoms with Crippen molar-refractivity contribution in [3.05, 3.63) is 71.8 Å². The van der Waals surface area contributed by atoms with Gasteiger partial charge < -0.3 is 0 Å². The van der Waals surface area contributed by atoms with Gasteiger partial charge in [-0.1, -0.05) is 18.2 Å². The maximum atomic E-state index is 5.80. The van der Waals surface area contributed by atoms with Gasteiger partial charge >= 0.3 is 0 Å². The van der Waals surface area contributed by atoms with Crippen molar-refractivity contribution in [2.24, 2.45) is 5.84 Å². The van der Waals surface area contributed by atoms with Crippen LogP contribution in [0.5, 0.6) is 0 Å². The Kier molecular flexibility index (Phi) is 3.41. The molecule has 0 bridgehead atoms. The molecule has 4 heteroatoms. The van der Waals surface area contributed by atoms with Crippen LogP contribution in [0.25, 0.3) is 10.8 Å². The van der Waals surface area contributed by atoms with Gasteiger partial charge in [-0.3, -0.25) is 15.8 Å². The van der Waals surface area contributed by atoms with Gasteiger partial charge in [-0.15, -0.1) is 0 Å². The van der Waals surface area contributed by atoms with Crippen molar-refractivity contribution < 1.29 is 0 Å². The fraction of sp³-hybridized carbons (Fsp3) is 0.125. The number of aromatic nitrogens is 2. The summed E-state index contributed by atoms with van der Waals surface area (Å²) in [6.07, 6.45) is 7.32. The number of nitrogens with one attached hydrogen (secondary N) is 1. The number of hydrogen-bond donors (Lipinski definition) is 2. The van der Waals surface area contributed by atoms with Gasteiger partial charge in [0, 0.05) is 30.2 Å². The summed E-state index contributed by atoms with van der Waals surface area (Å²) in [5.41, 5.74) is 6.28. The second-order valence-electron chi connectivity index (χ2n) is 4.78. The molecule has 0 aliphatic carbocycles. The number of hydrogen-bond acceptors (Lipinski definition) is 4. The maximum absolute atomic E-state index is 5.80. The Bertz CT molecular complexity index is 734. The van der Waals surface area contributed by atoms with Crippen LogP contribution in [0.15, 0.2) is 55.1 Å². The van der Waals surface area contributed by atoms with E-state index in [9.17, 15) is 0 Å². The molecule has 0 amide bonds. The third kappa shape index (κ3) is 2.15. The van der Waals surface area contributed by atoms with E-state index in [4.69, 9.17) is 5.84 Å². The van der Waals surface area contributed by atoms with E-state index >= 15 is 0 Å². The van der Waals surface area contributed by atoms with E-state index in [0.29, 0.717) is 0 Å².